The van der Waals surface area contributed by atoms with Gasteiger partial charge < -0.3 is 9.64 Å². The highest BCUT2D eigenvalue weighted by molar-refractivity contribution is 6.05. The third kappa shape index (κ3) is 4.05. The predicted octanol–water partition coefficient (Wildman–Crippen LogP) is 3.09. The molecule has 0 aromatic heterocycles. The van der Waals surface area contributed by atoms with Gasteiger partial charge in [0.25, 0.3) is 5.91 Å². The van der Waals surface area contributed by atoms with E-state index in [0.717, 1.165) is 42.9 Å². The van der Waals surface area contributed by atoms with Gasteiger partial charge in [0.05, 0.1) is 31.1 Å². The molecule has 2 aliphatic heterocycles. The first-order valence-electron chi connectivity index (χ1n) is 10.9. The van der Waals surface area contributed by atoms with Crippen molar-refractivity contribution in [2.24, 2.45) is 0 Å². The van der Waals surface area contributed by atoms with E-state index in [1.807, 2.05) is 48.2 Å². The second-order valence-corrected chi connectivity index (χ2v) is 8.08. The summed E-state index contributed by atoms with van der Waals surface area (Å²) in [6.07, 6.45) is 3.59. The van der Waals surface area contributed by atoms with Crippen LogP contribution < -0.4 is 15.1 Å². The highest BCUT2D eigenvalue weighted by atomic mass is 16.5. The van der Waals surface area contributed by atoms with Crippen LogP contribution >= 0.6 is 0 Å². The van der Waals surface area contributed by atoms with E-state index in [2.05, 4.69) is 11.4 Å². The first-order chi connectivity index (χ1) is 14.6. The minimum atomic E-state index is -0.487. The molecule has 158 valence electrons. The van der Waals surface area contributed by atoms with Crippen LogP contribution in [0.2, 0.25) is 0 Å². The van der Waals surface area contributed by atoms with Gasteiger partial charge in [0, 0.05) is 18.5 Å². The van der Waals surface area contributed by atoms with Crippen LogP contribution in [0.4, 0.5) is 21.9 Å². The smallest absolute Gasteiger partial charge is 0.411 e. The number of aryl methyl sites for hydroxylation is 2. The van der Waals surface area contributed by atoms with Crippen LogP contribution in [0.3, 0.4) is 0 Å². The summed E-state index contributed by atoms with van der Waals surface area (Å²) >= 11 is 0. The fourth-order valence-electron chi connectivity index (χ4n) is 4.55. The molecule has 6 heteroatoms. The average Bonchev–Trinajstić information content (AvgIpc) is 3.23. The second-order valence-electron chi connectivity index (χ2n) is 8.08. The summed E-state index contributed by atoms with van der Waals surface area (Å²) in [7, 11) is 0. The van der Waals surface area contributed by atoms with Gasteiger partial charge in [0.15, 0.2) is 6.04 Å². The van der Waals surface area contributed by atoms with E-state index < -0.39 is 6.09 Å². The van der Waals surface area contributed by atoms with Crippen LogP contribution in [-0.2, 0) is 22.4 Å². The molecule has 4 rings (SSSR count). The number of nitrogens with one attached hydrogen (secondary N) is 2. The van der Waals surface area contributed by atoms with Crippen molar-refractivity contribution in [3.8, 4) is 0 Å². The van der Waals surface area contributed by atoms with Crippen molar-refractivity contribution in [1.82, 2.24) is 0 Å². The van der Waals surface area contributed by atoms with Crippen LogP contribution in [0.25, 0.3) is 0 Å². The summed E-state index contributed by atoms with van der Waals surface area (Å²) in [6, 6.07) is 13.8. The van der Waals surface area contributed by atoms with Crippen LogP contribution in [0.15, 0.2) is 42.5 Å². The SMILES string of the molecule is CCOC(=O)Nc1ccc2c(c1)N(C(=O)C(C)[NH+]1CCCC1)c1ccccc1CC2. The largest absolute Gasteiger partial charge is 0.450 e. The topological polar surface area (TPSA) is 63.1 Å². The molecule has 2 aliphatic rings. The molecule has 30 heavy (non-hydrogen) atoms. The molecule has 1 unspecified atom stereocenters. The molecule has 2 heterocycles. The third-order valence-corrected chi connectivity index (χ3v) is 6.19. The molecule has 2 aromatic rings. The number of carbonyl (C=O) groups is 2. The van der Waals surface area contributed by atoms with Crippen molar-refractivity contribution < 1.29 is 19.2 Å². The summed E-state index contributed by atoms with van der Waals surface area (Å²) in [6.45, 7) is 6.21. The summed E-state index contributed by atoms with van der Waals surface area (Å²) in [5.41, 5.74) is 4.71. The quantitative estimate of drug-likeness (QED) is 0.817. The van der Waals surface area contributed by atoms with Crippen LogP contribution in [0.5, 0.6) is 0 Å². The van der Waals surface area contributed by atoms with Gasteiger partial charge in [0.2, 0.25) is 0 Å². The fraction of sp³-hybridized carbons (Fsp3) is 0.417. The molecule has 1 atom stereocenters. The van der Waals surface area contributed by atoms with E-state index in [1.54, 1.807) is 6.92 Å². The number of fused-ring (bicyclic) bond motifs is 2. The molecule has 0 aliphatic carbocycles. The van der Waals surface area contributed by atoms with Crippen LogP contribution in [-0.4, -0.2) is 37.7 Å². The number of amides is 2. The van der Waals surface area contributed by atoms with Gasteiger partial charge in [0.1, 0.15) is 0 Å². The molecule has 0 bridgehead atoms. The Morgan fingerprint density at radius 3 is 2.50 bits per heavy atom. The number of anilines is 3. The summed E-state index contributed by atoms with van der Waals surface area (Å²) in [4.78, 5) is 28.9. The lowest BCUT2D eigenvalue weighted by Gasteiger charge is -2.30. The minimum Gasteiger partial charge on any atom is -0.450 e. The molecule has 2 aromatic carbocycles. The predicted molar refractivity (Wildman–Crippen MR) is 117 cm³/mol. The number of likely N-dealkylation sites (tertiary alicyclic amines) is 1. The Bertz CT molecular complexity index is 937. The van der Waals surface area contributed by atoms with E-state index in [0.29, 0.717) is 12.3 Å². The zero-order chi connectivity index (χ0) is 21.1. The zero-order valence-electron chi connectivity index (χ0n) is 17.7. The van der Waals surface area contributed by atoms with Gasteiger partial charge in [-0.1, -0.05) is 24.3 Å². The monoisotopic (exact) mass is 408 g/mol. The normalized spacial score (nSPS) is 16.9. The number of quaternary nitrogens is 1. The standard InChI is InChI=1S/C24H29N3O3/c1-3-30-24(29)25-20-13-12-19-11-10-18-8-4-5-9-21(18)27(22(19)16-20)23(28)17(2)26-14-6-7-15-26/h4-5,8-9,12-13,16-17H,3,6-7,10-11,14-15H2,1-2H3,(H,25,29)/p+1. The number of para-hydroxylation sites is 1. The van der Waals surface area contributed by atoms with E-state index in [1.165, 1.54) is 23.3 Å². The molecule has 2 N–H and O–H groups in total. The molecule has 0 saturated carbocycles. The molecule has 0 spiro atoms. The highest BCUT2D eigenvalue weighted by Crippen LogP contribution is 2.38. The second kappa shape index (κ2) is 8.88. The van der Waals surface area contributed by atoms with Gasteiger partial charge in [-0.2, -0.15) is 0 Å². The van der Waals surface area contributed by atoms with Gasteiger partial charge >= 0.3 is 6.09 Å². The van der Waals surface area contributed by atoms with Gasteiger partial charge in [-0.25, -0.2) is 4.79 Å². The molecular weight excluding hydrogens is 378 g/mol. The first kappa shape index (κ1) is 20.4. The van der Waals surface area contributed by atoms with E-state index >= 15 is 0 Å². The van der Waals surface area contributed by atoms with Crippen molar-refractivity contribution in [3.05, 3.63) is 53.6 Å². The number of rotatable bonds is 4. The van der Waals surface area contributed by atoms with Gasteiger partial charge in [-0.3, -0.25) is 15.0 Å². The molecule has 6 nitrogen and oxygen atoms in total. The maximum Gasteiger partial charge on any atom is 0.411 e. The Morgan fingerprint density at radius 2 is 1.77 bits per heavy atom. The zero-order valence-corrected chi connectivity index (χ0v) is 17.7. The van der Waals surface area contributed by atoms with Crippen LogP contribution in [0.1, 0.15) is 37.8 Å². The Labute approximate surface area is 177 Å². The van der Waals surface area contributed by atoms with Crippen molar-refractivity contribution in [1.29, 1.82) is 0 Å². The summed E-state index contributed by atoms with van der Waals surface area (Å²) in [5, 5.41) is 2.78. The Morgan fingerprint density at radius 1 is 1.07 bits per heavy atom. The molecule has 0 radical (unpaired) electrons. The minimum absolute atomic E-state index is 0.107. The molecule has 1 fully saturated rings. The van der Waals surface area contributed by atoms with E-state index in [9.17, 15) is 9.59 Å². The number of hydrogen-bond acceptors (Lipinski definition) is 3. The highest BCUT2D eigenvalue weighted by Gasteiger charge is 2.35. The number of benzene rings is 2. The lowest BCUT2D eigenvalue weighted by atomic mass is 10.0. The average molecular weight is 409 g/mol. The van der Waals surface area contributed by atoms with Crippen molar-refractivity contribution in [2.75, 3.05) is 29.9 Å². The summed E-state index contributed by atoms with van der Waals surface area (Å²) in [5.74, 6) is 0.107. The summed E-state index contributed by atoms with van der Waals surface area (Å²) < 4.78 is 5.02. The van der Waals surface area contributed by atoms with Gasteiger partial charge in [-0.15, -0.1) is 0 Å². The lowest BCUT2D eigenvalue weighted by molar-refractivity contribution is -0.901. The Balaban J connectivity index is 1.75. The molecule has 1 saturated heterocycles. The van der Waals surface area contributed by atoms with E-state index in [-0.39, 0.29) is 11.9 Å². The maximum absolute atomic E-state index is 13.8. The number of hydrogen-bond donors (Lipinski definition) is 2. The van der Waals surface area contributed by atoms with Crippen LogP contribution in [0, 0.1) is 0 Å². The van der Waals surface area contributed by atoms with Gasteiger partial charge in [-0.05, 0) is 56.0 Å². The number of carbonyl (C=O) groups excluding carboxylic acids is 2. The van der Waals surface area contributed by atoms with Crippen molar-refractivity contribution in [2.45, 2.75) is 45.6 Å². The Hall–Kier alpha value is -2.86. The number of ether oxygens (including phenoxy) is 1. The Kier molecular flexibility index (Phi) is 6.04. The third-order valence-electron chi connectivity index (χ3n) is 6.19. The number of nitrogens with zero attached hydrogens (tertiary/aromatic N) is 1. The first-order valence-corrected chi connectivity index (χ1v) is 10.9. The fourth-order valence-corrected chi connectivity index (χ4v) is 4.55. The molecule has 2 amide bonds. The maximum atomic E-state index is 13.8. The van der Waals surface area contributed by atoms with Crippen molar-refractivity contribution >= 4 is 29.1 Å². The molecular formula is C24H30N3O3+. The van der Waals surface area contributed by atoms with E-state index in [4.69, 9.17) is 4.74 Å². The lowest BCUT2D eigenvalue weighted by Crippen LogP contribution is -3.14. The van der Waals surface area contributed by atoms with Crippen molar-refractivity contribution in [3.63, 3.8) is 0 Å².